The van der Waals surface area contributed by atoms with Crippen molar-refractivity contribution in [3.63, 3.8) is 0 Å². The van der Waals surface area contributed by atoms with Crippen LogP contribution in [-0.4, -0.2) is 56.7 Å². The summed E-state index contributed by atoms with van der Waals surface area (Å²) >= 11 is 0. The number of rotatable bonds is 5. The van der Waals surface area contributed by atoms with Crippen LogP contribution in [0.5, 0.6) is 0 Å². The number of amides is 1. The lowest BCUT2D eigenvalue weighted by molar-refractivity contribution is -0.133. The molecule has 0 bridgehead atoms. The topological polar surface area (TPSA) is 67.2 Å². The van der Waals surface area contributed by atoms with E-state index in [1.807, 2.05) is 11.1 Å². The maximum atomic E-state index is 13.0. The standard InChI is InChI=1S/C24H30N6O/c31-22(28-13-9-20(10-14-28)15-19-7-3-1-4-8-19)17-30-24-21(16-27-30)23(25-18-26-24)29-11-5-2-6-12-29/h1,3-4,7-8,16,18,20H,2,5-6,9-15,17H2. The van der Waals surface area contributed by atoms with Gasteiger partial charge in [-0.15, -0.1) is 0 Å². The molecular weight excluding hydrogens is 388 g/mol. The predicted molar refractivity (Wildman–Crippen MR) is 121 cm³/mol. The normalized spacial score (nSPS) is 17.9. The predicted octanol–water partition coefficient (Wildman–Crippen LogP) is 3.30. The Labute approximate surface area is 183 Å². The van der Waals surface area contributed by atoms with Gasteiger partial charge in [0.2, 0.25) is 5.91 Å². The van der Waals surface area contributed by atoms with Gasteiger partial charge in [-0.05, 0) is 50.0 Å². The van der Waals surface area contributed by atoms with Crippen LogP contribution in [0.25, 0.3) is 11.0 Å². The molecular formula is C24H30N6O. The van der Waals surface area contributed by atoms with Gasteiger partial charge in [0.1, 0.15) is 18.7 Å². The number of likely N-dealkylation sites (tertiary alicyclic amines) is 1. The second kappa shape index (κ2) is 9.04. The number of nitrogens with zero attached hydrogens (tertiary/aromatic N) is 6. The number of aromatic nitrogens is 4. The van der Waals surface area contributed by atoms with Gasteiger partial charge in [0.05, 0.1) is 11.6 Å². The molecule has 1 amide bonds. The summed E-state index contributed by atoms with van der Waals surface area (Å²) in [4.78, 5) is 26.2. The summed E-state index contributed by atoms with van der Waals surface area (Å²) < 4.78 is 1.74. The SMILES string of the molecule is O=C(Cn1ncc2c(N3CCCCC3)ncnc21)N1CCC(Cc2ccccc2)CC1. The second-order valence-corrected chi connectivity index (χ2v) is 8.80. The molecule has 0 saturated carbocycles. The first kappa shape index (κ1) is 20.0. The Morgan fingerprint density at radius 1 is 0.968 bits per heavy atom. The maximum Gasteiger partial charge on any atom is 0.244 e. The average Bonchev–Trinajstić information content (AvgIpc) is 3.23. The van der Waals surface area contributed by atoms with E-state index in [9.17, 15) is 4.79 Å². The molecule has 0 N–H and O–H groups in total. The van der Waals surface area contributed by atoms with Gasteiger partial charge in [-0.25, -0.2) is 14.6 Å². The fourth-order valence-electron chi connectivity index (χ4n) is 4.92. The van der Waals surface area contributed by atoms with Crippen molar-refractivity contribution in [2.45, 2.75) is 45.1 Å². The molecule has 3 aromatic rings. The van der Waals surface area contributed by atoms with Crippen LogP contribution in [0.2, 0.25) is 0 Å². The summed E-state index contributed by atoms with van der Waals surface area (Å²) in [5.41, 5.74) is 2.14. The molecule has 2 aromatic heterocycles. The van der Waals surface area contributed by atoms with Gasteiger partial charge in [-0.1, -0.05) is 30.3 Å². The summed E-state index contributed by atoms with van der Waals surface area (Å²) in [6, 6.07) is 10.6. The molecule has 0 spiro atoms. The molecule has 2 aliphatic heterocycles. The van der Waals surface area contributed by atoms with Crippen molar-refractivity contribution in [3.05, 3.63) is 48.4 Å². The Kier molecular flexibility index (Phi) is 5.82. The largest absolute Gasteiger partial charge is 0.356 e. The van der Waals surface area contributed by atoms with E-state index in [1.165, 1.54) is 24.8 Å². The fraction of sp³-hybridized carbons (Fsp3) is 0.500. The van der Waals surface area contributed by atoms with Crippen LogP contribution in [0.3, 0.4) is 0 Å². The van der Waals surface area contributed by atoms with Gasteiger partial charge in [-0.3, -0.25) is 4.79 Å². The Morgan fingerprint density at radius 2 is 1.74 bits per heavy atom. The van der Waals surface area contributed by atoms with Gasteiger partial charge in [-0.2, -0.15) is 5.10 Å². The minimum absolute atomic E-state index is 0.126. The number of fused-ring (bicyclic) bond motifs is 1. The van der Waals surface area contributed by atoms with Crippen molar-refractivity contribution in [2.24, 2.45) is 5.92 Å². The molecule has 0 radical (unpaired) electrons. The van der Waals surface area contributed by atoms with Gasteiger partial charge >= 0.3 is 0 Å². The van der Waals surface area contributed by atoms with Gasteiger partial charge in [0.15, 0.2) is 5.65 Å². The molecule has 0 atom stereocenters. The van der Waals surface area contributed by atoms with Crippen molar-refractivity contribution < 1.29 is 4.79 Å². The van der Waals surface area contributed by atoms with E-state index >= 15 is 0 Å². The van der Waals surface area contributed by atoms with Crippen LogP contribution in [0.15, 0.2) is 42.9 Å². The number of hydrogen-bond donors (Lipinski definition) is 0. The van der Waals surface area contributed by atoms with E-state index in [2.05, 4.69) is 50.3 Å². The number of anilines is 1. The van der Waals surface area contributed by atoms with Crippen LogP contribution in [-0.2, 0) is 17.8 Å². The van der Waals surface area contributed by atoms with E-state index in [1.54, 1.807) is 11.0 Å². The fourth-order valence-corrected chi connectivity index (χ4v) is 4.92. The Morgan fingerprint density at radius 3 is 2.52 bits per heavy atom. The lowest BCUT2D eigenvalue weighted by Gasteiger charge is -2.32. The van der Waals surface area contributed by atoms with Gasteiger partial charge < -0.3 is 9.80 Å². The lowest BCUT2D eigenvalue weighted by Crippen LogP contribution is -2.40. The van der Waals surface area contributed by atoms with Crippen LogP contribution < -0.4 is 4.90 Å². The highest BCUT2D eigenvalue weighted by Crippen LogP contribution is 2.26. The molecule has 1 aromatic carbocycles. The molecule has 2 saturated heterocycles. The molecule has 0 aliphatic carbocycles. The van der Waals surface area contributed by atoms with Crippen LogP contribution in [0, 0.1) is 5.92 Å². The van der Waals surface area contributed by atoms with Crippen molar-refractivity contribution >= 4 is 22.8 Å². The monoisotopic (exact) mass is 418 g/mol. The number of piperidine rings is 2. The highest BCUT2D eigenvalue weighted by molar-refractivity contribution is 5.88. The first-order valence-corrected chi connectivity index (χ1v) is 11.5. The van der Waals surface area contributed by atoms with Gasteiger partial charge in [0, 0.05) is 26.2 Å². The van der Waals surface area contributed by atoms with E-state index in [-0.39, 0.29) is 12.5 Å². The summed E-state index contributed by atoms with van der Waals surface area (Å²) in [5, 5.41) is 5.44. The summed E-state index contributed by atoms with van der Waals surface area (Å²) in [6.45, 7) is 3.93. The molecule has 0 unspecified atom stereocenters. The van der Waals surface area contributed by atoms with Crippen LogP contribution in [0.1, 0.15) is 37.7 Å². The smallest absolute Gasteiger partial charge is 0.244 e. The van der Waals surface area contributed by atoms with Crippen molar-refractivity contribution in [1.29, 1.82) is 0 Å². The van der Waals surface area contributed by atoms with Crippen LogP contribution in [0.4, 0.5) is 5.82 Å². The summed E-state index contributed by atoms with van der Waals surface area (Å²) in [6.07, 6.45) is 10.3. The molecule has 7 nitrogen and oxygen atoms in total. The van der Waals surface area contributed by atoms with E-state index < -0.39 is 0 Å². The number of carbonyl (C=O) groups excluding carboxylic acids is 1. The van der Waals surface area contributed by atoms with Crippen molar-refractivity contribution in [3.8, 4) is 0 Å². The highest BCUT2D eigenvalue weighted by Gasteiger charge is 2.24. The average molecular weight is 419 g/mol. The maximum absolute atomic E-state index is 13.0. The zero-order valence-corrected chi connectivity index (χ0v) is 18.0. The Bertz CT molecular complexity index is 1020. The van der Waals surface area contributed by atoms with E-state index in [4.69, 9.17) is 0 Å². The zero-order valence-electron chi connectivity index (χ0n) is 18.0. The lowest BCUT2D eigenvalue weighted by atomic mass is 9.90. The summed E-state index contributed by atoms with van der Waals surface area (Å²) in [7, 11) is 0. The molecule has 5 rings (SSSR count). The third-order valence-electron chi connectivity index (χ3n) is 6.69. The number of hydrogen-bond acceptors (Lipinski definition) is 5. The molecule has 2 aliphatic rings. The minimum Gasteiger partial charge on any atom is -0.356 e. The highest BCUT2D eigenvalue weighted by atomic mass is 16.2. The van der Waals surface area contributed by atoms with Crippen molar-refractivity contribution in [2.75, 3.05) is 31.1 Å². The quantitative estimate of drug-likeness (QED) is 0.636. The molecule has 31 heavy (non-hydrogen) atoms. The third-order valence-corrected chi connectivity index (χ3v) is 6.69. The third kappa shape index (κ3) is 4.40. The zero-order chi connectivity index (χ0) is 21.0. The first-order chi connectivity index (χ1) is 15.3. The Hall–Kier alpha value is -2.96. The van der Waals surface area contributed by atoms with Crippen molar-refractivity contribution in [1.82, 2.24) is 24.6 Å². The molecule has 162 valence electrons. The van der Waals surface area contributed by atoms with Crippen LogP contribution >= 0.6 is 0 Å². The van der Waals surface area contributed by atoms with E-state index in [0.717, 1.165) is 62.3 Å². The molecule has 4 heterocycles. The number of carbonyl (C=O) groups is 1. The van der Waals surface area contributed by atoms with E-state index in [0.29, 0.717) is 5.92 Å². The Balaban J connectivity index is 1.22. The first-order valence-electron chi connectivity index (χ1n) is 11.5. The molecule has 2 fully saturated rings. The minimum atomic E-state index is 0.126. The van der Waals surface area contributed by atoms with Gasteiger partial charge in [0.25, 0.3) is 0 Å². The molecule has 7 heteroatoms. The number of benzene rings is 1. The summed E-state index contributed by atoms with van der Waals surface area (Å²) in [5.74, 6) is 1.73. The second-order valence-electron chi connectivity index (χ2n) is 8.80.